The number of amidine groups is 1. The van der Waals surface area contributed by atoms with Gasteiger partial charge >= 0.3 is 0 Å². The van der Waals surface area contributed by atoms with Crippen molar-refractivity contribution in [2.24, 2.45) is 10.1 Å². The lowest BCUT2D eigenvalue weighted by Gasteiger charge is -2.26. The van der Waals surface area contributed by atoms with Gasteiger partial charge in [0.05, 0.1) is 0 Å². The summed E-state index contributed by atoms with van der Waals surface area (Å²) in [5.41, 5.74) is 0. The summed E-state index contributed by atoms with van der Waals surface area (Å²) in [5.74, 6) is -0.0672. The lowest BCUT2D eigenvalue weighted by atomic mass is 10.4. The summed E-state index contributed by atoms with van der Waals surface area (Å²) in [7, 11) is 1.61. The zero-order chi connectivity index (χ0) is 9.84. The minimum atomic E-state index is -0.0672. The molecule has 6 heteroatoms. The number of hydrogen-bond acceptors (Lipinski definition) is 3. The van der Waals surface area contributed by atoms with Crippen LogP contribution < -0.4 is 0 Å². The molecule has 0 radical (unpaired) electrons. The van der Waals surface area contributed by atoms with Gasteiger partial charge in [-0.3, -0.25) is 14.7 Å². The van der Waals surface area contributed by atoms with Gasteiger partial charge in [-0.2, -0.15) is 0 Å². The fraction of sp³-hybridized carbons (Fsp3) is 0.571. The predicted octanol–water partition coefficient (Wildman–Crippen LogP) is 0.318. The van der Waals surface area contributed by atoms with Crippen LogP contribution in [0, 0.1) is 0 Å². The van der Waals surface area contributed by atoms with Gasteiger partial charge in [-0.15, -0.1) is 5.10 Å². The maximum atomic E-state index is 11.4. The van der Waals surface area contributed by atoms with Crippen molar-refractivity contribution in [2.75, 3.05) is 20.1 Å². The highest BCUT2D eigenvalue weighted by Crippen LogP contribution is 2.06. The SMILES string of the molecule is CCN1C(=O)CN(C=NC)N=C1Cl. The van der Waals surface area contributed by atoms with E-state index < -0.39 is 0 Å². The minimum Gasteiger partial charge on any atom is -0.284 e. The molecule has 1 rings (SSSR count). The van der Waals surface area contributed by atoms with Crippen LogP contribution in [0.1, 0.15) is 6.92 Å². The third-order valence-corrected chi connectivity index (χ3v) is 1.88. The molecule has 1 amide bonds. The summed E-state index contributed by atoms with van der Waals surface area (Å²) in [4.78, 5) is 16.5. The molecule has 0 saturated heterocycles. The molecule has 0 atom stereocenters. The Labute approximate surface area is 81.7 Å². The number of carbonyl (C=O) groups is 1. The molecule has 13 heavy (non-hydrogen) atoms. The molecule has 1 aliphatic heterocycles. The Hall–Kier alpha value is -1.10. The van der Waals surface area contributed by atoms with Crippen molar-refractivity contribution in [3.8, 4) is 0 Å². The molecule has 0 aromatic heterocycles. The zero-order valence-electron chi connectivity index (χ0n) is 7.57. The summed E-state index contributed by atoms with van der Waals surface area (Å²) in [6.07, 6.45) is 1.47. The number of hydrazone groups is 1. The lowest BCUT2D eigenvalue weighted by Crippen LogP contribution is -2.45. The van der Waals surface area contributed by atoms with Crippen molar-refractivity contribution >= 4 is 29.1 Å². The van der Waals surface area contributed by atoms with E-state index in [9.17, 15) is 4.79 Å². The number of aliphatic imine (C=N–C) groups is 1. The molecule has 0 N–H and O–H groups in total. The normalized spacial score (nSPS) is 18.4. The first kappa shape index (κ1) is 9.98. The highest BCUT2D eigenvalue weighted by molar-refractivity contribution is 6.65. The van der Waals surface area contributed by atoms with E-state index in [-0.39, 0.29) is 17.7 Å². The zero-order valence-corrected chi connectivity index (χ0v) is 8.32. The van der Waals surface area contributed by atoms with Crippen molar-refractivity contribution in [1.29, 1.82) is 0 Å². The Morgan fingerprint density at radius 2 is 2.46 bits per heavy atom. The van der Waals surface area contributed by atoms with Crippen LogP contribution >= 0.6 is 11.6 Å². The Morgan fingerprint density at radius 1 is 1.77 bits per heavy atom. The highest BCUT2D eigenvalue weighted by atomic mass is 35.5. The van der Waals surface area contributed by atoms with Gasteiger partial charge < -0.3 is 0 Å². The summed E-state index contributed by atoms with van der Waals surface area (Å²) in [6, 6.07) is 0. The van der Waals surface area contributed by atoms with Gasteiger partial charge in [0.15, 0.2) is 0 Å². The van der Waals surface area contributed by atoms with Gasteiger partial charge in [0.1, 0.15) is 12.9 Å². The molecule has 1 heterocycles. The molecule has 5 nitrogen and oxygen atoms in total. The van der Waals surface area contributed by atoms with E-state index in [2.05, 4.69) is 10.1 Å². The second-order valence-electron chi connectivity index (χ2n) is 2.48. The fourth-order valence-corrected chi connectivity index (χ4v) is 1.34. The average molecular weight is 203 g/mol. The van der Waals surface area contributed by atoms with E-state index in [4.69, 9.17) is 11.6 Å². The number of halogens is 1. The van der Waals surface area contributed by atoms with Crippen LogP contribution in [0.5, 0.6) is 0 Å². The molecule has 1 aliphatic rings. The van der Waals surface area contributed by atoms with Crippen molar-refractivity contribution < 1.29 is 4.79 Å². The van der Waals surface area contributed by atoms with Crippen LogP contribution in [0.15, 0.2) is 10.1 Å². The van der Waals surface area contributed by atoms with E-state index >= 15 is 0 Å². The summed E-state index contributed by atoms with van der Waals surface area (Å²) >= 11 is 5.76. The van der Waals surface area contributed by atoms with E-state index in [1.54, 1.807) is 7.05 Å². The topological polar surface area (TPSA) is 48.3 Å². The number of hydrogen-bond donors (Lipinski definition) is 0. The molecule has 0 aromatic rings. The van der Waals surface area contributed by atoms with Gasteiger partial charge in [0.25, 0.3) is 5.91 Å². The minimum absolute atomic E-state index is 0.0672. The summed E-state index contributed by atoms with van der Waals surface area (Å²) in [6.45, 7) is 2.58. The molecule has 0 saturated carbocycles. The average Bonchev–Trinajstić information content (AvgIpc) is 2.04. The van der Waals surface area contributed by atoms with Gasteiger partial charge in [0.2, 0.25) is 5.29 Å². The first-order chi connectivity index (χ1) is 6.19. The Balaban J connectivity index is 2.81. The molecule has 0 unspecified atom stereocenters. The Kier molecular flexibility index (Phi) is 3.25. The third kappa shape index (κ3) is 2.18. The first-order valence-corrected chi connectivity index (χ1v) is 4.30. The van der Waals surface area contributed by atoms with Gasteiger partial charge in [0, 0.05) is 13.6 Å². The Bertz CT molecular complexity index is 263. The monoisotopic (exact) mass is 202 g/mol. The molecule has 0 bridgehead atoms. The van der Waals surface area contributed by atoms with Crippen molar-refractivity contribution in [3.63, 3.8) is 0 Å². The smallest absolute Gasteiger partial charge is 0.250 e. The van der Waals surface area contributed by atoms with Gasteiger partial charge in [-0.25, -0.2) is 5.01 Å². The number of rotatable bonds is 2. The number of amides is 1. The number of nitrogens with zero attached hydrogens (tertiary/aromatic N) is 4. The highest BCUT2D eigenvalue weighted by Gasteiger charge is 2.23. The third-order valence-electron chi connectivity index (χ3n) is 1.60. The largest absolute Gasteiger partial charge is 0.284 e. The summed E-state index contributed by atoms with van der Waals surface area (Å²) in [5, 5.41) is 5.55. The maximum Gasteiger partial charge on any atom is 0.250 e. The molecule has 0 aromatic carbocycles. The fourth-order valence-electron chi connectivity index (χ4n) is 1.03. The summed E-state index contributed by atoms with van der Waals surface area (Å²) < 4.78 is 0. The molecule has 0 spiro atoms. The molecule has 0 aliphatic carbocycles. The lowest BCUT2D eigenvalue weighted by molar-refractivity contribution is -0.128. The van der Waals surface area contributed by atoms with Gasteiger partial charge in [-0.1, -0.05) is 0 Å². The Morgan fingerprint density at radius 3 is 2.92 bits per heavy atom. The molecular weight excluding hydrogens is 192 g/mol. The quantitative estimate of drug-likeness (QED) is 0.368. The van der Waals surface area contributed by atoms with E-state index in [0.717, 1.165) is 0 Å². The van der Waals surface area contributed by atoms with Crippen LogP contribution in [0.25, 0.3) is 0 Å². The van der Waals surface area contributed by atoms with E-state index in [0.29, 0.717) is 6.54 Å². The van der Waals surface area contributed by atoms with Crippen LogP contribution in [-0.4, -0.2) is 47.6 Å². The van der Waals surface area contributed by atoms with Crippen LogP contribution in [0.3, 0.4) is 0 Å². The standard InChI is InChI=1S/C7H11ClN4O/c1-3-12-6(13)4-11(5-9-2)10-7(12)8/h5H,3-4H2,1-2H3. The molecular formula is C7H11ClN4O. The van der Waals surface area contributed by atoms with E-state index in [1.807, 2.05) is 6.92 Å². The second-order valence-corrected chi connectivity index (χ2v) is 2.82. The van der Waals surface area contributed by atoms with Crippen molar-refractivity contribution in [1.82, 2.24) is 9.91 Å². The first-order valence-electron chi connectivity index (χ1n) is 3.92. The van der Waals surface area contributed by atoms with Crippen molar-refractivity contribution in [3.05, 3.63) is 0 Å². The second kappa shape index (κ2) is 4.23. The van der Waals surface area contributed by atoms with Gasteiger partial charge in [-0.05, 0) is 18.5 Å². The molecule has 72 valence electrons. The van der Waals surface area contributed by atoms with Crippen LogP contribution in [0.2, 0.25) is 0 Å². The van der Waals surface area contributed by atoms with Crippen LogP contribution in [-0.2, 0) is 4.79 Å². The predicted molar refractivity (Wildman–Crippen MR) is 51.8 cm³/mol. The number of likely N-dealkylation sites (N-methyl/N-ethyl adjacent to an activating group) is 1. The molecule has 0 fully saturated rings. The van der Waals surface area contributed by atoms with Crippen LogP contribution in [0.4, 0.5) is 0 Å². The van der Waals surface area contributed by atoms with E-state index in [1.165, 1.54) is 16.2 Å². The maximum absolute atomic E-state index is 11.4. The van der Waals surface area contributed by atoms with Crippen molar-refractivity contribution in [2.45, 2.75) is 6.92 Å². The number of carbonyl (C=O) groups excluding carboxylic acids is 1.